The van der Waals surface area contributed by atoms with Gasteiger partial charge in [0.05, 0.1) is 11.2 Å². The number of nitrogens with zero attached hydrogens (tertiary/aromatic N) is 1. The van der Waals surface area contributed by atoms with Gasteiger partial charge < -0.3 is 4.74 Å². The monoisotopic (exact) mass is 397 g/mol. The summed E-state index contributed by atoms with van der Waals surface area (Å²) < 4.78 is 6.15. The fourth-order valence-electron chi connectivity index (χ4n) is 4.17. The maximum Gasteiger partial charge on any atom is 0.130 e. The Hall–Kier alpha value is -2.87. The van der Waals surface area contributed by atoms with Gasteiger partial charge in [0.1, 0.15) is 12.4 Å². The van der Waals surface area contributed by atoms with E-state index in [9.17, 15) is 0 Å². The Kier molecular flexibility index (Phi) is 6.63. The second-order valence-corrected chi connectivity index (χ2v) is 8.39. The third kappa shape index (κ3) is 5.18. The number of aryl methyl sites for hydroxylation is 1. The fourth-order valence-corrected chi connectivity index (χ4v) is 4.17. The SMILES string of the molecule is C=C(C)CCC/C=C1\CCCCc2ccc(OCc3ccc4ccccc4n3)cc21. The zero-order valence-electron chi connectivity index (χ0n) is 18.0. The Balaban J connectivity index is 1.49. The predicted molar refractivity (Wildman–Crippen MR) is 127 cm³/mol. The largest absolute Gasteiger partial charge is 0.487 e. The average molecular weight is 398 g/mol. The lowest BCUT2D eigenvalue weighted by Crippen LogP contribution is -2.00. The molecule has 0 spiro atoms. The van der Waals surface area contributed by atoms with Crippen LogP contribution in [0.4, 0.5) is 0 Å². The second kappa shape index (κ2) is 9.75. The molecule has 1 aromatic heterocycles. The summed E-state index contributed by atoms with van der Waals surface area (Å²) in [4.78, 5) is 4.73. The fraction of sp³-hybridized carbons (Fsp3) is 0.321. The minimum Gasteiger partial charge on any atom is -0.487 e. The normalized spacial score (nSPS) is 15.0. The molecule has 0 bridgehead atoms. The molecule has 1 heterocycles. The minimum atomic E-state index is 0.487. The van der Waals surface area contributed by atoms with Crippen molar-refractivity contribution in [1.82, 2.24) is 4.98 Å². The summed E-state index contributed by atoms with van der Waals surface area (Å²) >= 11 is 0. The van der Waals surface area contributed by atoms with Crippen molar-refractivity contribution in [3.63, 3.8) is 0 Å². The van der Waals surface area contributed by atoms with E-state index in [-0.39, 0.29) is 0 Å². The van der Waals surface area contributed by atoms with Gasteiger partial charge >= 0.3 is 0 Å². The number of para-hydroxylation sites is 1. The van der Waals surface area contributed by atoms with Gasteiger partial charge in [0.25, 0.3) is 0 Å². The van der Waals surface area contributed by atoms with Crippen molar-refractivity contribution in [2.45, 2.75) is 58.5 Å². The van der Waals surface area contributed by atoms with E-state index in [2.05, 4.69) is 56.0 Å². The molecule has 1 aliphatic carbocycles. The first-order chi connectivity index (χ1) is 14.7. The summed E-state index contributed by atoms with van der Waals surface area (Å²) in [5.41, 5.74) is 7.56. The number of benzene rings is 2. The van der Waals surface area contributed by atoms with Gasteiger partial charge in [-0.3, -0.25) is 0 Å². The number of rotatable bonds is 7. The summed E-state index contributed by atoms with van der Waals surface area (Å²) in [6.07, 6.45) is 10.7. The molecule has 1 aliphatic rings. The van der Waals surface area contributed by atoms with Crippen molar-refractivity contribution in [3.8, 4) is 5.75 Å². The van der Waals surface area contributed by atoms with Crippen LogP contribution in [0, 0.1) is 0 Å². The molecule has 0 aliphatic heterocycles. The molecule has 2 aromatic carbocycles. The van der Waals surface area contributed by atoms with Crippen molar-refractivity contribution in [3.05, 3.63) is 89.6 Å². The first kappa shape index (κ1) is 20.4. The van der Waals surface area contributed by atoms with E-state index >= 15 is 0 Å². The molecule has 0 radical (unpaired) electrons. The van der Waals surface area contributed by atoms with Crippen LogP contribution in [0.2, 0.25) is 0 Å². The maximum atomic E-state index is 6.15. The molecule has 0 N–H and O–H groups in total. The number of fused-ring (bicyclic) bond motifs is 2. The number of unbranched alkanes of at least 4 members (excludes halogenated alkanes) is 1. The Morgan fingerprint density at radius 2 is 1.93 bits per heavy atom. The van der Waals surface area contributed by atoms with Gasteiger partial charge in [-0.05, 0) is 92.8 Å². The Morgan fingerprint density at radius 3 is 2.83 bits per heavy atom. The van der Waals surface area contributed by atoms with Crippen LogP contribution in [0.3, 0.4) is 0 Å². The summed E-state index contributed by atoms with van der Waals surface area (Å²) in [5.74, 6) is 0.929. The van der Waals surface area contributed by atoms with Crippen LogP contribution >= 0.6 is 0 Å². The molecule has 3 aromatic rings. The van der Waals surface area contributed by atoms with E-state index in [0.29, 0.717) is 6.61 Å². The van der Waals surface area contributed by atoms with Crippen LogP contribution in [0.25, 0.3) is 16.5 Å². The molecule has 0 atom stereocenters. The molecule has 154 valence electrons. The highest BCUT2D eigenvalue weighted by atomic mass is 16.5. The van der Waals surface area contributed by atoms with Crippen LogP contribution in [0.1, 0.15) is 62.3 Å². The van der Waals surface area contributed by atoms with Crippen LogP contribution < -0.4 is 4.74 Å². The van der Waals surface area contributed by atoms with Gasteiger partial charge in [-0.1, -0.05) is 42.0 Å². The van der Waals surface area contributed by atoms with Gasteiger partial charge in [-0.25, -0.2) is 4.98 Å². The molecule has 2 heteroatoms. The third-order valence-corrected chi connectivity index (χ3v) is 5.81. The summed E-state index contributed by atoms with van der Waals surface area (Å²) in [5, 5.41) is 1.16. The molecular weight excluding hydrogens is 366 g/mol. The van der Waals surface area contributed by atoms with E-state index in [1.807, 2.05) is 18.2 Å². The van der Waals surface area contributed by atoms with Crippen LogP contribution in [-0.2, 0) is 13.0 Å². The third-order valence-electron chi connectivity index (χ3n) is 5.81. The molecule has 0 fully saturated rings. The van der Waals surface area contributed by atoms with Crippen molar-refractivity contribution < 1.29 is 4.74 Å². The molecule has 0 saturated heterocycles. The number of aromatic nitrogens is 1. The van der Waals surface area contributed by atoms with Crippen LogP contribution in [0.15, 0.2) is 72.8 Å². The Morgan fingerprint density at radius 1 is 1.07 bits per heavy atom. The Labute approximate surface area is 180 Å². The summed E-state index contributed by atoms with van der Waals surface area (Å²) in [7, 11) is 0. The van der Waals surface area contributed by atoms with Gasteiger partial charge in [0, 0.05) is 5.39 Å². The zero-order valence-corrected chi connectivity index (χ0v) is 18.0. The average Bonchev–Trinajstić information content (AvgIpc) is 2.97. The molecule has 30 heavy (non-hydrogen) atoms. The smallest absolute Gasteiger partial charge is 0.130 e. The van der Waals surface area contributed by atoms with Crippen molar-refractivity contribution in [2.75, 3.05) is 0 Å². The van der Waals surface area contributed by atoms with Crippen LogP contribution in [-0.4, -0.2) is 4.98 Å². The van der Waals surface area contributed by atoms with Gasteiger partial charge in [0.2, 0.25) is 0 Å². The highest BCUT2D eigenvalue weighted by Gasteiger charge is 2.14. The van der Waals surface area contributed by atoms with E-state index in [1.54, 1.807) is 0 Å². The summed E-state index contributed by atoms with van der Waals surface area (Å²) in [6.45, 7) is 6.62. The van der Waals surface area contributed by atoms with Gasteiger partial charge in [-0.2, -0.15) is 0 Å². The molecule has 0 saturated carbocycles. The summed E-state index contributed by atoms with van der Waals surface area (Å²) in [6, 6.07) is 19.0. The molecule has 0 unspecified atom stereocenters. The standard InChI is InChI=1S/C28H31NO/c1-21(2)9-3-4-10-22-11-5-6-12-23-16-18-26(19-27(22)23)30-20-25-17-15-24-13-7-8-14-28(24)29-25/h7-8,10,13-19H,1,3-6,9,11-12,20H2,2H3/b22-10+. The van der Waals surface area contributed by atoms with Gasteiger partial charge in [-0.15, -0.1) is 6.58 Å². The van der Waals surface area contributed by atoms with E-state index in [0.717, 1.165) is 48.0 Å². The van der Waals surface area contributed by atoms with E-state index in [1.165, 1.54) is 41.5 Å². The zero-order chi connectivity index (χ0) is 20.8. The lowest BCUT2D eigenvalue weighted by atomic mass is 9.96. The minimum absolute atomic E-state index is 0.487. The van der Waals surface area contributed by atoms with E-state index in [4.69, 9.17) is 9.72 Å². The number of ether oxygens (including phenoxy) is 1. The van der Waals surface area contributed by atoms with Crippen molar-refractivity contribution in [2.24, 2.45) is 0 Å². The first-order valence-electron chi connectivity index (χ1n) is 11.1. The maximum absolute atomic E-state index is 6.15. The molecule has 0 amide bonds. The highest BCUT2D eigenvalue weighted by molar-refractivity contribution is 5.78. The van der Waals surface area contributed by atoms with Crippen molar-refractivity contribution >= 4 is 16.5 Å². The Bertz CT molecular complexity index is 1060. The van der Waals surface area contributed by atoms with Gasteiger partial charge in [0.15, 0.2) is 0 Å². The highest BCUT2D eigenvalue weighted by Crippen LogP contribution is 2.33. The predicted octanol–water partition coefficient (Wildman–Crippen LogP) is 7.67. The van der Waals surface area contributed by atoms with Crippen molar-refractivity contribution in [1.29, 1.82) is 0 Å². The number of pyridine rings is 1. The second-order valence-electron chi connectivity index (χ2n) is 8.39. The number of hydrogen-bond acceptors (Lipinski definition) is 2. The van der Waals surface area contributed by atoms with E-state index < -0.39 is 0 Å². The number of hydrogen-bond donors (Lipinski definition) is 0. The lowest BCUT2D eigenvalue weighted by Gasteiger charge is -2.13. The molecular formula is C28H31NO. The molecule has 2 nitrogen and oxygen atoms in total. The molecule has 4 rings (SSSR count). The topological polar surface area (TPSA) is 22.1 Å². The quantitative estimate of drug-likeness (QED) is 0.232. The number of allylic oxidation sites excluding steroid dienone is 3. The lowest BCUT2D eigenvalue weighted by molar-refractivity contribution is 0.301. The first-order valence-corrected chi connectivity index (χ1v) is 11.1. The van der Waals surface area contributed by atoms with Crippen LogP contribution in [0.5, 0.6) is 5.75 Å².